The summed E-state index contributed by atoms with van der Waals surface area (Å²) >= 11 is 0. The normalized spacial score (nSPS) is 10.7. The summed E-state index contributed by atoms with van der Waals surface area (Å²) in [7, 11) is 0. The Bertz CT molecular complexity index is 712. The average Bonchev–Trinajstić information content (AvgIpc) is 2.49. The van der Waals surface area contributed by atoms with Gasteiger partial charge in [-0.05, 0) is 36.7 Å². The lowest BCUT2D eigenvalue weighted by molar-refractivity contribution is 0.464. The smallest absolute Gasteiger partial charge is 0.221 e. The second-order valence-corrected chi connectivity index (χ2v) is 4.33. The van der Waals surface area contributed by atoms with E-state index in [9.17, 15) is 0 Å². The summed E-state index contributed by atoms with van der Waals surface area (Å²) in [6, 6.07) is 11.4. The van der Waals surface area contributed by atoms with Gasteiger partial charge < -0.3 is 10.5 Å². The van der Waals surface area contributed by atoms with E-state index in [1.165, 1.54) is 5.56 Å². The Morgan fingerprint density at radius 2 is 1.75 bits per heavy atom. The second-order valence-electron chi connectivity index (χ2n) is 4.33. The van der Waals surface area contributed by atoms with Crippen molar-refractivity contribution in [3.63, 3.8) is 0 Å². The number of nitrogens with zero attached hydrogens (tertiary/aromatic N) is 3. The van der Waals surface area contributed by atoms with Gasteiger partial charge in [0.05, 0.1) is 0 Å². The highest BCUT2D eigenvalue weighted by Crippen LogP contribution is 2.21. The summed E-state index contributed by atoms with van der Waals surface area (Å²) in [6.45, 7) is 0.644. The van der Waals surface area contributed by atoms with Gasteiger partial charge in [-0.3, -0.25) is 4.98 Å². The predicted octanol–water partition coefficient (Wildman–Crippen LogP) is 2.32. The minimum Gasteiger partial charge on any atom is -0.439 e. The number of nitrogens with two attached hydrogens (primary N) is 1. The van der Waals surface area contributed by atoms with Crippen molar-refractivity contribution in [2.45, 2.75) is 6.42 Å². The van der Waals surface area contributed by atoms with E-state index in [0.29, 0.717) is 18.1 Å². The van der Waals surface area contributed by atoms with E-state index in [4.69, 9.17) is 10.5 Å². The Balaban J connectivity index is 1.81. The molecule has 0 aliphatic rings. The molecule has 0 saturated heterocycles. The number of hydrogen-bond acceptors (Lipinski definition) is 5. The van der Waals surface area contributed by atoms with E-state index in [1.807, 2.05) is 30.3 Å². The molecule has 0 bridgehead atoms. The molecule has 0 fully saturated rings. The van der Waals surface area contributed by atoms with Gasteiger partial charge in [-0.15, -0.1) is 0 Å². The first kappa shape index (κ1) is 12.5. The summed E-state index contributed by atoms with van der Waals surface area (Å²) < 4.78 is 5.71. The van der Waals surface area contributed by atoms with E-state index >= 15 is 0 Å². The lowest BCUT2D eigenvalue weighted by Gasteiger charge is -2.06. The minimum absolute atomic E-state index is 0.504. The first-order valence-corrected chi connectivity index (χ1v) is 6.40. The van der Waals surface area contributed by atoms with E-state index in [0.717, 1.165) is 17.7 Å². The number of aromatic nitrogens is 3. The number of pyridine rings is 1. The highest BCUT2D eigenvalue weighted by atomic mass is 16.5. The molecule has 2 aromatic heterocycles. The molecule has 3 aromatic rings. The van der Waals surface area contributed by atoms with Crippen LogP contribution in [0.3, 0.4) is 0 Å². The molecule has 5 nitrogen and oxygen atoms in total. The summed E-state index contributed by atoms with van der Waals surface area (Å²) in [5.74, 6) is 1.24. The maximum absolute atomic E-state index is 5.71. The molecular formula is C15H14N4O. The maximum Gasteiger partial charge on any atom is 0.221 e. The van der Waals surface area contributed by atoms with Crippen molar-refractivity contribution in [3.8, 4) is 11.6 Å². The van der Waals surface area contributed by atoms with Crippen LogP contribution in [0.2, 0.25) is 0 Å². The van der Waals surface area contributed by atoms with Gasteiger partial charge in [0, 0.05) is 18.5 Å². The van der Waals surface area contributed by atoms with Crippen LogP contribution >= 0.6 is 0 Å². The average molecular weight is 266 g/mol. The highest BCUT2D eigenvalue weighted by Gasteiger charge is 2.02. The Morgan fingerprint density at radius 3 is 2.55 bits per heavy atom. The molecule has 0 spiro atoms. The molecule has 100 valence electrons. The molecule has 5 heteroatoms. The fraction of sp³-hybridized carbons (Fsp3) is 0.133. The van der Waals surface area contributed by atoms with Gasteiger partial charge >= 0.3 is 0 Å². The van der Waals surface area contributed by atoms with Crippen molar-refractivity contribution in [1.82, 2.24) is 15.0 Å². The Morgan fingerprint density at radius 1 is 0.950 bits per heavy atom. The molecular weight excluding hydrogens is 252 g/mol. The molecule has 0 atom stereocenters. The van der Waals surface area contributed by atoms with Crippen molar-refractivity contribution in [2.24, 2.45) is 5.73 Å². The van der Waals surface area contributed by atoms with E-state index in [2.05, 4.69) is 15.0 Å². The van der Waals surface area contributed by atoms with Gasteiger partial charge in [0.1, 0.15) is 11.3 Å². The lowest BCUT2D eigenvalue weighted by atomic mass is 10.1. The van der Waals surface area contributed by atoms with E-state index in [1.54, 1.807) is 18.5 Å². The third kappa shape index (κ3) is 2.73. The molecule has 0 unspecified atom stereocenters. The Kier molecular flexibility index (Phi) is 3.52. The number of ether oxygens (including phenoxy) is 1. The zero-order chi connectivity index (χ0) is 13.8. The zero-order valence-electron chi connectivity index (χ0n) is 10.9. The van der Waals surface area contributed by atoms with Crippen LogP contribution in [-0.4, -0.2) is 21.5 Å². The molecule has 20 heavy (non-hydrogen) atoms. The zero-order valence-corrected chi connectivity index (χ0v) is 10.9. The number of rotatable bonds is 4. The molecule has 2 N–H and O–H groups in total. The van der Waals surface area contributed by atoms with Crippen LogP contribution in [0, 0.1) is 0 Å². The van der Waals surface area contributed by atoms with Gasteiger partial charge in [0.15, 0.2) is 5.65 Å². The van der Waals surface area contributed by atoms with Gasteiger partial charge in [-0.2, -0.15) is 4.98 Å². The van der Waals surface area contributed by atoms with Crippen LogP contribution in [0.5, 0.6) is 11.6 Å². The van der Waals surface area contributed by atoms with Crippen LogP contribution in [0.25, 0.3) is 11.2 Å². The summed E-state index contributed by atoms with van der Waals surface area (Å²) in [6.07, 6.45) is 4.12. The predicted molar refractivity (Wildman–Crippen MR) is 76.6 cm³/mol. The first-order chi connectivity index (χ1) is 9.85. The van der Waals surface area contributed by atoms with Crippen LogP contribution in [0.4, 0.5) is 0 Å². The lowest BCUT2D eigenvalue weighted by Crippen LogP contribution is -2.02. The van der Waals surface area contributed by atoms with E-state index < -0.39 is 0 Å². The van der Waals surface area contributed by atoms with E-state index in [-0.39, 0.29) is 0 Å². The monoisotopic (exact) mass is 266 g/mol. The number of fused-ring (bicyclic) bond motifs is 1. The van der Waals surface area contributed by atoms with Crippen molar-refractivity contribution in [1.29, 1.82) is 0 Å². The quantitative estimate of drug-likeness (QED) is 0.784. The third-order valence-corrected chi connectivity index (χ3v) is 2.88. The fourth-order valence-corrected chi connectivity index (χ4v) is 1.91. The summed E-state index contributed by atoms with van der Waals surface area (Å²) in [5, 5.41) is 0. The molecule has 2 heterocycles. The summed E-state index contributed by atoms with van der Waals surface area (Å²) in [4.78, 5) is 12.6. The molecule has 0 amide bonds. The largest absolute Gasteiger partial charge is 0.439 e. The Labute approximate surface area is 116 Å². The van der Waals surface area contributed by atoms with Gasteiger partial charge in [0.2, 0.25) is 5.88 Å². The van der Waals surface area contributed by atoms with Gasteiger partial charge in [-0.25, -0.2) is 4.98 Å². The molecule has 0 saturated carbocycles. The van der Waals surface area contributed by atoms with Crippen molar-refractivity contribution < 1.29 is 4.74 Å². The molecule has 0 aliphatic carbocycles. The molecule has 1 aromatic carbocycles. The maximum atomic E-state index is 5.71. The topological polar surface area (TPSA) is 73.9 Å². The standard InChI is InChI=1S/C15H14N4O/c16-8-7-11-1-3-12(4-2-11)20-14-6-5-13-15(19-14)18-10-9-17-13/h1-6,9-10H,7-8,16H2. The van der Waals surface area contributed by atoms with Gasteiger partial charge in [-0.1, -0.05) is 12.1 Å². The van der Waals surface area contributed by atoms with Gasteiger partial charge in [0.25, 0.3) is 0 Å². The number of benzene rings is 1. The molecule has 0 radical (unpaired) electrons. The fourth-order valence-electron chi connectivity index (χ4n) is 1.91. The first-order valence-electron chi connectivity index (χ1n) is 6.40. The number of hydrogen-bond donors (Lipinski definition) is 1. The van der Waals surface area contributed by atoms with Crippen molar-refractivity contribution in [2.75, 3.05) is 6.54 Å². The minimum atomic E-state index is 0.504. The summed E-state index contributed by atoms with van der Waals surface area (Å²) in [5.41, 5.74) is 8.03. The van der Waals surface area contributed by atoms with Crippen LogP contribution in [-0.2, 0) is 6.42 Å². The second kappa shape index (κ2) is 5.63. The van der Waals surface area contributed by atoms with Crippen LogP contribution in [0.15, 0.2) is 48.8 Å². The Hall–Kier alpha value is -2.53. The third-order valence-electron chi connectivity index (χ3n) is 2.88. The SMILES string of the molecule is NCCc1ccc(Oc2ccc3nccnc3n2)cc1. The highest BCUT2D eigenvalue weighted by molar-refractivity contribution is 5.69. The molecule has 3 rings (SSSR count). The van der Waals surface area contributed by atoms with Crippen LogP contribution < -0.4 is 10.5 Å². The van der Waals surface area contributed by atoms with Crippen molar-refractivity contribution in [3.05, 3.63) is 54.4 Å². The van der Waals surface area contributed by atoms with Crippen molar-refractivity contribution >= 4 is 11.2 Å². The van der Waals surface area contributed by atoms with Crippen LogP contribution in [0.1, 0.15) is 5.56 Å². The molecule has 0 aliphatic heterocycles.